The highest BCUT2D eigenvalue weighted by molar-refractivity contribution is 6.09. The molecule has 0 spiro atoms. The molecule has 2 N–H and O–H groups in total. The number of para-hydroxylation sites is 1. The second-order valence-corrected chi connectivity index (χ2v) is 2.80. The number of ketones is 1. The topological polar surface area (TPSA) is 83.5 Å². The number of carboxylic acid groups (broad SMARTS) is 1. The third-order valence-corrected chi connectivity index (χ3v) is 1.75. The van der Waals surface area contributed by atoms with Crippen LogP contribution in [-0.4, -0.2) is 23.3 Å². The van der Waals surface area contributed by atoms with Gasteiger partial charge in [-0.05, 0) is 12.1 Å². The van der Waals surface area contributed by atoms with Gasteiger partial charge in [-0.15, -0.1) is 0 Å². The van der Waals surface area contributed by atoms with Crippen molar-refractivity contribution in [1.82, 2.24) is 0 Å². The van der Waals surface area contributed by atoms with Gasteiger partial charge >= 0.3 is 5.97 Å². The fraction of sp³-hybridized carbons (Fsp3) is 0.100. The lowest BCUT2D eigenvalue weighted by molar-refractivity contribution is -0.135. The Morgan fingerprint density at radius 3 is 2.60 bits per heavy atom. The third kappa shape index (κ3) is 2.91. The van der Waals surface area contributed by atoms with Crippen molar-refractivity contribution in [1.29, 1.82) is 0 Å². The normalized spacial score (nSPS) is 9.33. The number of anilines is 1. The van der Waals surface area contributed by atoms with Crippen molar-refractivity contribution in [2.45, 2.75) is 6.42 Å². The summed E-state index contributed by atoms with van der Waals surface area (Å²) >= 11 is 0. The quantitative estimate of drug-likeness (QED) is 0.427. The lowest BCUT2D eigenvalue weighted by Crippen LogP contribution is -2.10. The molecule has 0 aliphatic rings. The van der Waals surface area contributed by atoms with Crippen molar-refractivity contribution in [3.05, 3.63) is 29.8 Å². The van der Waals surface area contributed by atoms with Crippen LogP contribution in [0.5, 0.6) is 0 Å². The highest BCUT2D eigenvalue weighted by atomic mass is 16.4. The number of rotatable bonds is 5. The molecule has 0 atom stereocenters. The first kappa shape index (κ1) is 10.9. The van der Waals surface area contributed by atoms with E-state index < -0.39 is 18.2 Å². The van der Waals surface area contributed by atoms with E-state index in [1.807, 2.05) is 0 Å². The first-order valence-electron chi connectivity index (χ1n) is 4.19. The van der Waals surface area contributed by atoms with E-state index in [1.165, 1.54) is 12.1 Å². The van der Waals surface area contributed by atoms with Crippen LogP contribution in [0.1, 0.15) is 16.8 Å². The van der Waals surface area contributed by atoms with Crippen molar-refractivity contribution < 1.29 is 19.5 Å². The Morgan fingerprint density at radius 1 is 1.33 bits per heavy atom. The fourth-order valence-corrected chi connectivity index (χ4v) is 1.15. The molecule has 5 nitrogen and oxygen atoms in total. The molecular weight excluding hydrogens is 198 g/mol. The number of hydrogen-bond acceptors (Lipinski definition) is 3. The maximum atomic E-state index is 11.4. The molecule has 1 aromatic carbocycles. The van der Waals surface area contributed by atoms with E-state index in [2.05, 4.69) is 5.32 Å². The molecule has 0 aliphatic heterocycles. The van der Waals surface area contributed by atoms with E-state index in [-0.39, 0.29) is 5.56 Å². The molecule has 5 heteroatoms. The van der Waals surface area contributed by atoms with E-state index in [4.69, 9.17) is 5.11 Å². The summed E-state index contributed by atoms with van der Waals surface area (Å²) in [5.41, 5.74) is 0.519. The Bertz CT molecular complexity index is 400. The summed E-state index contributed by atoms with van der Waals surface area (Å²) in [6.07, 6.45) is -0.148. The largest absolute Gasteiger partial charge is 0.481 e. The van der Waals surface area contributed by atoms with Crippen LogP contribution in [-0.2, 0) is 9.59 Å². The summed E-state index contributed by atoms with van der Waals surface area (Å²) in [6, 6.07) is 6.25. The minimum Gasteiger partial charge on any atom is -0.481 e. The fourth-order valence-electron chi connectivity index (χ4n) is 1.15. The molecule has 0 unspecified atom stereocenters. The molecular formula is C10H9NO4. The number of aliphatic carboxylic acids is 1. The second-order valence-electron chi connectivity index (χ2n) is 2.80. The van der Waals surface area contributed by atoms with Gasteiger partial charge in [0.15, 0.2) is 5.78 Å². The molecule has 1 rings (SSSR count). The first-order valence-corrected chi connectivity index (χ1v) is 4.19. The summed E-state index contributed by atoms with van der Waals surface area (Å²) in [4.78, 5) is 32.0. The van der Waals surface area contributed by atoms with Gasteiger partial charge in [-0.3, -0.25) is 14.4 Å². The standard InChI is InChI=1S/C10H9NO4/c12-6-11-8-4-2-1-3-7(8)9(13)5-10(14)15/h1-4,6H,5H2,(H,11,12)(H,14,15). The Hall–Kier alpha value is -2.17. The van der Waals surface area contributed by atoms with Gasteiger partial charge in [-0.2, -0.15) is 0 Å². The van der Waals surface area contributed by atoms with Gasteiger partial charge in [-0.25, -0.2) is 0 Å². The van der Waals surface area contributed by atoms with E-state index in [9.17, 15) is 14.4 Å². The Morgan fingerprint density at radius 2 is 2.00 bits per heavy atom. The number of carboxylic acids is 1. The molecule has 0 fully saturated rings. The first-order chi connectivity index (χ1) is 7.15. The lowest BCUT2D eigenvalue weighted by atomic mass is 10.1. The highest BCUT2D eigenvalue weighted by Gasteiger charge is 2.13. The summed E-state index contributed by atoms with van der Waals surface area (Å²) < 4.78 is 0. The maximum Gasteiger partial charge on any atom is 0.311 e. The van der Waals surface area contributed by atoms with Gasteiger partial charge in [0.05, 0.1) is 5.69 Å². The van der Waals surface area contributed by atoms with Crippen LogP contribution in [0.2, 0.25) is 0 Å². The zero-order valence-corrected chi connectivity index (χ0v) is 7.77. The molecule has 0 bridgehead atoms. The Kier molecular flexibility index (Phi) is 3.56. The molecule has 0 aliphatic carbocycles. The van der Waals surface area contributed by atoms with Gasteiger partial charge < -0.3 is 10.4 Å². The molecule has 0 saturated heterocycles. The summed E-state index contributed by atoms with van der Waals surface area (Å²) in [5.74, 6) is -1.73. The number of amides is 1. The average molecular weight is 207 g/mol. The molecule has 0 radical (unpaired) electrons. The SMILES string of the molecule is O=CNc1ccccc1C(=O)CC(=O)O. The highest BCUT2D eigenvalue weighted by Crippen LogP contribution is 2.15. The van der Waals surface area contributed by atoms with Gasteiger partial charge in [0.25, 0.3) is 0 Å². The van der Waals surface area contributed by atoms with Crippen LogP contribution in [0.3, 0.4) is 0 Å². The molecule has 15 heavy (non-hydrogen) atoms. The van der Waals surface area contributed by atoms with E-state index in [0.717, 1.165) is 0 Å². The van der Waals surface area contributed by atoms with Crippen LogP contribution in [0.25, 0.3) is 0 Å². The van der Waals surface area contributed by atoms with Crippen LogP contribution in [0, 0.1) is 0 Å². The van der Waals surface area contributed by atoms with Crippen molar-refractivity contribution in [3.8, 4) is 0 Å². The number of carbonyl (C=O) groups is 3. The van der Waals surface area contributed by atoms with Crippen molar-refractivity contribution in [3.63, 3.8) is 0 Å². The number of benzene rings is 1. The number of Topliss-reactive ketones (excluding diaryl/α,β-unsaturated/α-hetero) is 1. The van der Waals surface area contributed by atoms with Crippen LogP contribution >= 0.6 is 0 Å². The predicted molar refractivity (Wildman–Crippen MR) is 52.7 cm³/mol. The summed E-state index contributed by atoms with van der Waals surface area (Å²) in [5, 5.41) is 10.8. The maximum absolute atomic E-state index is 11.4. The van der Waals surface area contributed by atoms with Crippen molar-refractivity contribution >= 4 is 23.9 Å². The van der Waals surface area contributed by atoms with Crippen LogP contribution in [0.15, 0.2) is 24.3 Å². The zero-order chi connectivity index (χ0) is 11.3. The van der Waals surface area contributed by atoms with Crippen molar-refractivity contribution in [2.75, 3.05) is 5.32 Å². The van der Waals surface area contributed by atoms with E-state index in [1.54, 1.807) is 12.1 Å². The molecule has 1 amide bonds. The second kappa shape index (κ2) is 4.90. The molecule has 1 aromatic rings. The van der Waals surface area contributed by atoms with E-state index in [0.29, 0.717) is 12.1 Å². The molecule has 0 saturated carbocycles. The number of nitrogens with one attached hydrogen (secondary N) is 1. The molecule has 0 aromatic heterocycles. The third-order valence-electron chi connectivity index (χ3n) is 1.75. The van der Waals surface area contributed by atoms with Gasteiger partial charge in [-0.1, -0.05) is 12.1 Å². The average Bonchev–Trinajstić information content (AvgIpc) is 2.18. The van der Waals surface area contributed by atoms with Gasteiger partial charge in [0, 0.05) is 5.56 Å². The summed E-state index contributed by atoms with van der Waals surface area (Å²) in [6.45, 7) is 0. The molecule has 78 valence electrons. The number of hydrogen-bond donors (Lipinski definition) is 2. The minimum absolute atomic E-state index is 0.201. The molecule has 0 heterocycles. The smallest absolute Gasteiger partial charge is 0.311 e. The predicted octanol–water partition coefficient (Wildman–Crippen LogP) is 0.912. The minimum atomic E-state index is -1.19. The zero-order valence-electron chi connectivity index (χ0n) is 7.77. The van der Waals surface area contributed by atoms with Gasteiger partial charge in [0.1, 0.15) is 6.42 Å². The van der Waals surface area contributed by atoms with Crippen molar-refractivity contribution in [2.24, 2.45) is 0 Å². The van der Waals surface area contributed by atoms with E-state index >= 15 is 0 Å². The monoisotopic (exact) mass is 207 g/mol. The van der Waals surface area contributed by atoms with Crippen LogP contribution < -0.4 is 5.32 Å². The number of carbonyl (C=O) groups excluding carboxylic acids is 2. The van der Waals surface area contributed by atoms with Gasteiger partial charge in [0.2, 0.25) is 6.41 Å². The Balaban J connectivity index is 2.96. The summed E-state index contributed by atoms with van der Waals surface area (Å²) in [7, 11) is 0. The van der Waals surface area contributed by atoms with Crippen LogP contribution in [0.4, 0.5) is 5.69 Å². The lowest BCUT2D eigenvalue weighted by Gasteiger charge is -2.05. The Labute approximate surface area is 85.7 Å².